The standard InChI is InChI=1S/C18H24O4/c1-18-7-6-12-11-5-3-10(19)8-9(11)2-4-13(12)14(18)15(20)16(21)17(18)22/h3,5,8,12-17,19-22H,2,4,6-7H2,1H3/t12?,13?,14?,15-,16-,17+,18+/m1/s1. The van der Waals surface area contributed by atoms with Crippen LogP contribution in [-0.4, -0.2) is 38.7 Å². The van der Waals surface area contributed by atoms with Gasteiger partial charge in [0.25, 0.3) is 0 Å². The fourth-order valence-electron chi connectivity index (χ4n) is 5.62. The lowest BCUT2D eigenvalue weighted by Gasteiger charge is -2.50. The average molecular weight is 304 g/mol. The van der Waals surface area contributed by atoms with Gasteiger partial charge >= 0.3 is 0 Å². The van der Waals surface area contributed by atoms with Gasteiger partial charge in [0, 0.05) is 5.41 Å². The second kappa shape index (κ2) is 4.70. The van der Waals surface area contributed by atoms with E-state index in [1.165, 1.54) is 11.1 Å². The molecule has 0 amide bonds. The number of aliphatic hydroxyl groups is 3. The van der Waals surface area contributed by atoms with Gasteiger partial charge in [-0.1, -0.05) is 13.0 Å². The van der Waals surface area contributed by atoms with Crippen molar-refractivity contribution >= 4 is 0 Å². The van der Waals surface area contributed by atoms with E-state index in [1.54, 1.807) is 6.07 Å². The van der Waals surface area contributed by atoms with Gasteiger partial charge in [-0.3, -0.25) is 0 Å². The van der Waals surface area contributed by atoms with Crippen molar-refractivity contribution in [3.63, 3.8) is 0 Å². The molecule has 22 heavy (non-hydrogen) atoms. The third-order valence-electron chi connectivity index (χ3n) is 6.72. The van der Waals surface area contributed by atoms with E-state index in [0.29, 0.717) is 11.7 Å². The Hall–Kier alpha value is -1.10. The smallest absolute Gasteiger partial charge is 0.115 e. The Morgan fingerprint density at radius 2 is 1.86 bits per heavy atom. The zero-order valence-electron chi connectivity index (χ0n) is 12.8. The maximum atomic E-state index is 10.5. The molecular formula is C18H24O4. The van der Waals surface area contributed by atoms with Crippen LogP contribution in [0, 0.1) is 17.3 Å². The quantitative estimate of drug-likeness (QED) is 0.586. The molecule has 0 bridgehead atoms. The highest BCUT2D eigenvalue weighted by Crippen LogP contribution is 2.60. The van der Waals surface area contributed by atoms with Gasteiger partial charge < -0.3 is 20.4 Å². The van der Waals surface area contributed by atoms with Crippen molar-refractivity contribution in [3.8, 4) is 5.75 Å². The molecule has 0 aliphatic heterocycles. The first-order chi connectivity index (χ1) is 10.4. The predicted octanol–water partition coefficient (Wildman–Crippen LogP) is 1.55. The van der Waals surface area contributed by atoms with Crippen LogP contribution < -0.4 is 0 Å². The maximum Gasteiger partial charge on any atom is 0.115 e. The summed E-state index contributed by atoms with van der Waals surface area (Å²) in [7, 11) is 0. The van der Waals surface area contributed by atoms with Gasteiger partial charge in [-0.2, -0.15) is 0 Å². The molecule has 3 unspecified atom stereocenters. The summed E-state index contributed by atoms with van der Waals surface area (Å²) in [5, 5.41) is 40.7. The number of phenolic OH excluding ortho intramolecular Hbond substituents is 1. The molecule has 4 heteroatoms. The molecule has 0 heterocycles. The number of rotatable bonds is 0. The molecule has 1 aromatic rings. The van der Waals surface area contributed by atoms with Crippen LogP contribution in [0.25, 0.3) is 0 Å². The van der Waals surface area contributed by atoms with E-state index in [2.05, 4.69) is 0 Å². The van der Waals surface area contributed by atoms with Crippen molar-refractivity contribution in [1.29, 1.82) is 0 Å². The van der Waals surface area contributed by atoms with Gasteiger partial charge in [0.2, 0.25) is 0 Å². The number of aromatic hydroxyl groups is 1. The molecule has 1 aromatic carbocycles. The van der Waals surface area contributed by atoms with Gasteiger partial charge in [-0.15, -0.1) is 0 Å². The van der Waals surface area contributed by atoms with E-state index in [-0.39, 0.29) is 11.8 Å². The number of hydrogen-bond donors (Lipinski definition) is 4. The summed E-state index contributed by atoms with van der Waals surface area (Å²) in [5.41, 5.74) is 2.09. The minimum atomic E-state index is -1.03. The summed E-state index contributed by atoms with van der Waals surface area (Å²) in [6, 6.07) is 5.61. The van der Waals surface area contributed by atoms with Crippen LogP contribution in [0.3, 0.4) is 0 Å². The predicted molar refractivity (Wildman–Crippen MR) is 81.5 cm³/mol. The average Bonchev–Trinajstić information content (AvgIpc) is 2.68. The number of benzene rings is 1. The second-order valence-electron chi connectivity index (χ2n) is 7.69. The Labute approximate surface area is 130 Å². The van der Waals surface area contributed by atoms with Crippen molar-refractivity contribution in [2.24, 2.45) is 17.3 Å². The van der Waals surface area contributed by atoms with E-state index in [0.717, 1.165) is 25.7 Å². The largest absolute Gasteiger partial charge is 0.508 e. The normalized spacial score (nSPS) is 46.7. The first-order valence-corrected chi connectivity index (χ1v) is 8.29. The second-order valence-corrected chi connectivity index (χ2v) is 7.69. The van der Waals surface area contributed by atoms with Crippen LogP contribution in [0.1, 0.15) is 43.2 Å². The van der Waals surface area contributed by atoms with Gasteiger partial charge in [0.15, 0.2) is 0 Å². The lowest BCUT2D eigenvalue weighted by Crippen LogP contribution is -2.46. The van der Waals surface area contributed by atoms with Gasteiger partial charge in [0.1, 0.15) is 11.9 Å². The maximum absolute atomic E-state index is 10.5. The summed E-state index contributed by atoms with van der Waals surface area (Å²) < 4.78 is 0. The Bertz CT molecular complexity index is 601. The topological polar surface area (TPSA) is 80.9 Å². The zero-order valence-corrected chi connectivity index (χ0v) is 12.8. The molecule has 2 saturated carbocycles. The number of aryl methyl sites for hydroxylation is 1. The summed E-state index contributed by atoms with van der Waals surface area (Å²) in [4.78, 5) is 0. The highest BCUT2D eigenvalue weighted by atomic mass is 16.4. The molecule has 0 radical (unpaired) electrons. The summed E-state index contributed by atoms with van der Waals surface area (Å²) in [6.07, 6.45) is 0.894. The molecule has 2 fully saturated rings. The minimum Gasteiger partial charge on any atom is -0.508 e. The molecule has 0 aromatic heterocycles. The van der Waals surface area contributed by atoms with Crippen LogP contribution in [0.15, 0.2) is 18.2 Å². The molecule has 0 saturated heterocycles. The van der Waals surface area contributed by atoms with Gasteiger partial charge in [0.05, 0.1) is 12.2 Å². The molecule has 4 rings (SSSR count). The SMILES string of the molecule is C[C@]12CCC3c4ccc(O)cc4CCC3C1[C@@H](O)[C@@H](O)[C@@H]2O. The van der Waals surface area contributed by atoms with Crippen LogP contribution in [0.4, 0.5) is 0 Å². The third-order valence-corrected chi connectivity index (χ3v) is 6.72. The molecule has 7 atom stereocenters. The fourth-order valence-corrected chi connectivity index (χ4v) is 5.62. The van der Waals surface area contributed by atoms with E-state index < -0.39 is 23.7 Å². The molecule has 120 valence electrons. The molecular weight excluding hydrogens is 280 g/mol. The number of hydrogen-bond acceptors (Lipinski definition) is 4. The van der Waals surface area contributed by atoms with Crippen molar-refractivity contribution in [2.75, 3.05) is 0 Å². The van der Waals surface area contributed by atoms with E-state index in [4.69, 9.17) is 0 Å². The molecule has 3 aliphatic carbocycles. The number of fused-ring (bicyclic) bond motifs is 5. The van der Waals surface area contributed by atoms with Crippen LogP contribution >= 0.6 is 0 Å². The van der Waals surface area contributed by atoms with E-state index in [1.807, 2.05) is 19.1 Å². The molecule has 3 aliphatic rings. The highest BCUT2D eigenvalue weighted by molar-refractivity contribution is 5.40. The van der Waals surface area contributed by atoms with E-state index >= 15 is 0 Å². The lowest BCUT2D eigenvalue weighted by atomic mass is 9.55. The van der Waals surface area contributed by atoms with Gasteiger partial charge in [-0.05, 0) is 66.7 Å². The van der Waals surface area contributed by atoms with Crippen LogP contribution in [-0.2, 0) is 6.42 Å². The number of phenols is 1. The fraction of sp³-hybridized carbons (Fsp3) is 0.667. The zero-order chi connectivity index (χ0) is 15.6. The van der Waals surface area contributed by atoms with Gasteiger partial charge in [-0.25, -0.2) is 0 Å². The highest BCUT2D eigenvalue weighted by Gasteiger charge is 2.62. The Morgan fingerprint density at radius 1 is 1.09 bits per heavy atom. The lowest BCUT2D eigenvalue weighted by molar-refractivity contribution is -0.0505. The molecule has 4 nitrogen and oxygen atoms in total. The van der Waals surface area contributed by atoms with Crippen molar-refractivity contribution in [2.45, 2.75) is 56.8 Å². The molecule has 4 N–H and O–H groups in total. The Morgan fingerprint density at radius 3 is 2.64 bits per heavy atom. The summed E-state index contributed by atoms with van der Waals surface area (Å²) >= 11 is 0. The third kappa shape index (κ3) is 1.75. The number of aliphatic hydroxyl groups excluding tert-OH is 3. The Balaban J connectivity index is 1.74. The van der Waals surface area contributed by atoms with Crippen LogP contribution in [0.5, 0.6) is 5.75 Å². The van der Waals surface area contributed by atoms with Crippen molar-refractivity contribution < 1.29 is 20.4 Å². The van der Waals surface area contributed by atoms with Crippen molar-refractivity contribution in [3.05, 3.63) is 29.3 Å². The summed E-state index contributed by atoms with van der Waals surface area (Å²) in [6.45, 7) is 2.02. The van der Waals surface area contributed by atoms with Crippen LogP contribution in [0.2, 0.25) is 0 Å². The minimum absolute atomic E-state index is 0.0572. The monoisotopic (exact) mass is 304 g/mol. The van der Waals surface area contributed by atoms with Crippen molar-refractivity contribution in [1.82, 2.24) is 0 Å². The molecule has 0 spiro atoms. The first kappa shape index (κ1) is 14.5. The first-order valence-electron chi connectivity index (χ1n) is 8.29. The van der Waals surface area contributed by atoms with E-state index in [9.17, 15) is 20.4 Å². The summed E-state index contributed by atoms with van der Waals surface area (Å²) in [5.74, 6) is 0.898. The Kier molecular flexibility index (Phi) is 3.09.